The van der Waals surface area contributed by atoms with Crippen LogP contribution in [0.2, 0.25) is 5.02 Å². The molecule has 0 bridgehead atoms. The molecular formula is C31H42ClN3O2. The van der Waals surface area contributed by atoms with Gasteiger partial charge in [0.25, 0.3) is 0 Å². The fourth-order valence-electron chi connectivity index (χ4n) is 7.01. The van der Waals surface area contributed by atoms with Crippen molar-refractivity contribution in [1.82, 2.24) is 10.2 Å². The normalized spacial score (nSPS) is 24.9. The standard InChI is InChI=1S/C31H42ClN3O2/c1-21(2)23-8-12-26-24(16-23)9-13-27-30(3,14-5-15-31(26,27)4)20-34-17-29(37)35(19-28(33)36)18-22-6-10-25(32)11-7-22/h6-8,10-12,16,21,27,34H,5,9,13-15,17-20H2,1-4H3,(H2,33,36). The lowest BCUT2D eigenvalue weighted by Crippen LogP contribution is -2.53. The van der Waals surface area contributed by atoms with Crippen molar-refractivity contribution in [2.75, 3.05) is 19.6 Å². The van der Waals surface area contributed by atoms with Gasteiger partial charge in [-0.15, -0.1) is 0 Å². The van der Waals surface area contributed by atoms with Crippen LogP contribution in [0, 0.1) is 11.3 Å². The highest BCUT2D eigenvalue weighted by Crippen LogP contribution is 2.57. The predicted molar refractivity (Wildman–Crippen MR) is 151 cm³/mol. The van der Waals surface area contributed by atoms with E-state index in [9.17, 15) is 9.59 Å². The van der Waals surface area contributed by atoms with Gasteiger partial charge < -0.3 is 16.0 Å². The molecule has 2 aliphatic rings. The zero-order chi connectivity index (χ0) is 26.8. The van der Waals surface area contributed by atoms with Gasteiger partial charge in [-0.25, -0.2) is 0 Å². The van der Waals surface area contributed by atoms with Crippen LogP contribution in [0.1, 0.15) is 81.5 Å². The molecule has 0 aliphatic heterocycles. The Bertz CT molecular complexity index is 1130. The topological polar surface area (TPSA) is 75.4 Å². The Morgan fingerprint density at radius 3 is 2.54 bits per heavy atom. The lowest BCUT2D eigenvalue weighted by atomic mass is 9.49. The van der Waals surface area contributed by atoms with Gasteiger partial charge in [-0.2, -0.15) is 0 Å². The summed E-state index contributed by atoms with van der Waals surface area (Å²) in [5.41, 5.74) is 11.1. The first kappa shape index (κ1) is 27.7. The Morgan fingerprint density at radius 2 is 1.86 bits per heavy atom. The van der Waals surface area contributed by atoms with E-state index < -0.39 is 5.91 Å². The largest absolute Gasteiger partial charge is 0.368 e. The molecule has 0 heterocycles. The third kappa shape index (κ3) is 6.04. The zero-order valence-corrected chi connectivity index (χ0v) is 23.5. The number of benzene rings is 2. The number of amides is 2. The van der Waals surface area contributed by atoms with E-state index in [0.29, 0.717) is 23.4 Å². The minimum Gasteiger partial charge on any atom is -0.368 e. The maximum absolute atomic E-state index is 13.1. The van der Waals surface area contributed by atoms with Gasteiger partial charge in [0.05, 0.1) is 13.1 Å². The molecule has 3 atom stereocenters. The van der Waals surface area contributed by atoms with Gasteiger partial charge in [-0.3, -0.25) is 9.59 Å². The predicted octanol–water partition coefficient (Wildman–Crippen LogP) is 5.58. The number of aryl methyl sites for hydroxylation is 1. The molecule has 200 valence electrons. The lowest BCUT2D eigenvalue weighted by molar-refractivity contribution is -0.135. The van der Waals surface area contributed by atoms with E-state index in [1.54, 1.807) is 12.1 Å². The fourth-order valence-corrected chi connectivity index (χ4v) is 7.14. The van der Waals surface area contributed by atoms with Gasteiger partial charge in [0, 0.05) is 18.1 Å². The SMILES string of the molecule is CC(C)c1ccc2c(c1)CCC1C(C)(CNCC(=O)N(CC(N)=O)Cc3ccc(Cl)cc3)CCCC21C. The zero-order valence-electron chi connectivity index (χ0n) is 22.8. The lowest BCUT2D eigenvalue weighted by Gasteiger charge is -2.55. The summed E-state index contributed by atoms with van der Waals surface area (Å²) in [6, 6.07) is 14.5. The summed E-state index contributed by atoms with van der Waals surface area (Å²) in [4.78, 5) is 26.3. The number of hydrogen-bond acceptors (Lipinski definition) is 3. The van der Waals surface area contributed by atoms with Gasteiger partial charge in [0.15, 0.2) is 0 Å². The van der Waals surface area contributed by atoms with Crippen molar-refractivity contribution in [3.63, 3.8) is 0 Å². The van der Waals surface area contributed by atoms with Crippen LogP contribution in [-0.4, -0.2) is 36.3 Å². The van der Waals surface area contributed by atoms with Crippen molar-refractivity contribution in [3.05, 3.63) is 69.7 Å². The van der Waals surface area contributed by atoms with Crippen LogP contribution >= 0.6 is 11.6 Å². The smallest absolute Gasteiger partial charge is 0.237 e. The quantitative estimate of drug-likeness (QED) is 0.450. The Kier molecular flexibility index (Phi) is 8.35. The number of hydrogen-bond donors (Lipinski definition) is 2. The molecule has 2 aliphatic carbocycles. The van der Waals surface area contributed by atoms with Crippen LogP contribution in [0.25, 0.3) is 0 Å². The molecule has 1 saturated carbocycles. The first-order chi connectivity index (χ1) is 17.5. The number of primary amides is 1. The highest BCUT2D eigenvalue weighted by Gasteiger charge is 2.51. The monoisotopic (exact) mass is 523 g/mol. The summed E-state index contributed by atoms with van der Waals surface area (Å²) >= 11 is 5.99. The minimum atomic E-state index is -0.515. The molecule has 6 heteroatoms. The average molecular weight is 524 g/mol. The highest BCUT2D eigenvalue weighted by molar-refractivity contribution is 6.30. The minimum absolute atomic E-state index is 0.101. The summed E-state index contributed by atoms with van der Waals surface area (Å²) in [5, 5.41) is 4.11. The van der Waals surface area contributed by atoms with Crippen LogP contribution in [0.3, 0.4) is 0 Å². The summed E-state index contributed by atoms with van der Waals surface area (Å²) in [6.07, 6.45) is 5.87. The molecule has 37 heavy (non-hydrogen) atoms. The second kappa shape index (κ2) is 11.2. The first-order valence-electron chi connectivity index (χ1n) is 13.7. The molecular weight excluding hydrogens is 482 g/mol. The van der Waals surface area contributed by atoms with Crippen molar-refractivity contribution in [2.45, 2.75) is 77.7 Å². The summed E-state index contributed by atoms with van der Waals surface area (Å²) in [7, 11) is 0. The van der Waals surface area contributed by atoms with Gasteiger partial charge in [-0.1, -0.05) is 76.0 Å². The molecule has 1 fully saturated rings. The average Bonchev–Trinajstić information content (AvgIpc) is 2.84. The molecule has 0 radical (unpaired) electrons. The molecule has 0 saturated heterocycles. The van der Waals surface area contributed by atoms with Gasteiger partial charge in [0.2, 0.25) is 11.8 Å². The molecule has 2 aromatic carbocycles. The highest BCUT2D eigenvalue weighted by atomic mass is 35.5. The van der Waals surface area contributed by atoms with Crippen LogP contribution in [0.4, 0.5) is 0 Å². The maximum Gasteiger partial charge on any atom is 0.237 e. The third-order valence-electron chi connectivity index (χ3n) is 8.96. The summed E-state index contributed by atoms with van der Waals surface area (Å²) in [6.45, 7) is 10.6. The van der Waals surface area contributed by atoms with E-state index in [4.69, 9.17) is 17.3 Å². The van der Waals surface area contributed by atoms with E-state index in [1.807, 2.05) is 12.1 Å². The fraction of sp³-hybridized carbons (Fsp3) is 0.548. The molecule has 3 N–H and O–H groups in total. The number of nitrogens with one attached hydrogen (secondary N) is 1. The molecule has 4 rings (SSSR count). The third-order valence-corrected chi connectivity index (χ3v) is 9.21. The second-order valence-corrected chi connectivity index (χ2v) is 12.5. The molecule has 0 aromatic heterocycles. The first-order valence-corrected chi connectivity index (χ1v) is 14.0. The molecule has 3 unspecified atom stereocenters. The van der Waals surface area contributed by atoms with E-state index >= 15 is 0 Å². The van der Waals surface area contributed by atoms with Crippen molar-refractivity contribution in [3.8, 4) is 0 Å². The van der Waals surface area contributed by atoms with E-state index in [1.165, 1.54) is 40.9 Å². The van der Waals surface area contributed by atoms with Crippen LogP contribution in [0.15, 0.2) is 42.5 Å². The number of carbonyl (C=O) groups is 2. The van der Waals surface area contributed by atoms with Crippen LogP contribution in [-0.2, 0) is 28.0 Å². The number of halogens is 1. The second-order valence-electron chi connectivity index (χ2n) is 12.0. The van der Waals surface area contributed by atoms with Crippen molar-refractivity contribution in [1.29, 1.82) is 0 Å². The number of nitrogens with zero attached hydrogens (tertiary/aromatic N) is 1. The Balaban J connectivity index is 1.43. The van der Waals surface area contributed by atoms with Gasteiger partial charge in [-0.05, 0) is 82.7 Å². The molecule has 0 spiro atoms. The Morgan fingerprint density at radius 1 is 1.14 bits per heavy atom. The van der Waals surface area contributed by atoms with Crippen molar-refractivity contribution < 1.29 is 9.59 Å². The van der Waals surface area contributed by atoms with E-state index in [-0.39, 0.29) is 29.8 Å². The number of fused-ring (bicyclic) bond motifs is 3. The van der Waals surface area contributed by atoms with Gasteiger partial charge in [0.1, 0.15) is 0 Å². The van der Waals surface area contributed by atoms with E-state index in [0.717, 1.165) is 24.9 Å². The Hall–Kier alpha value is -2.37. The number of nitrogens with two attached hydrogens (primary N) is 1. The summed E-state index contributed by atoms with van der Waals surface area (Å²) < 4.78 is 0. The number of carbonyl (C=O) groups excluding carboxylic acids is 2. The van der Waals surface area contributed by atoms with Crippen molar-refractivity contribution in [2.24, 2.45) is 17.1 Å². The van der Waals surface area contributed by atoms with Crippen molar-refractivity contribution >= 4 is 23.4 Å². The van der Waals surface area contributed by atoms with Crippen LogP contribution in [0.5, 0.6) is 0 Å². The molecule has 2 aromatic rings. The number of rotatable bonds is 9. The van der Waals surface area contributed by atoms with E-state index in [2.05, 4.69) is 51.2 Å². The summed E-state index contributed by atoms with van der Waals surface area (Å²) in [5.74, 6) is 0.470. The maximum atomic E-state index is 13.1. The Labute approximate surface area is 227 Å². The van der Waals surface area contributed by atoms with Gasteiger partial charge >= 0.3 is 0 Å². The molecule has 2 amide bonds. The molecule has 5 nitrogen and oxygen atoms in total. The van der Waals surface area contributed by atoms with Crippen LogP contribution < -0.4 is 11.1 Å².